The zero-order valence-corrected chi connectivity index (χ0v) is 9.38. The van der Waals surface area contributed by atoms with Crippen LogP contribution in [0.3, 0.4) is 0 Å². The van der Waals surface area contributed by atoms with Gasteiger partial charge in [0.05, 0.1) is 20.5 Å². The Kier molecular flexibility index (Phi) is 2.62. The SMILES string of the molecule is CN1C=CC([C]c2c[n+](C)cn2C)C=C1. The molecule has 0 unspecified atom stereocenters. The Bertz CT molecular complexity index is 387. The van der Waals surface area contributed by atoms with Crippen LogP contribution in [0.1, 0.15) is 5.69 Å². The molecule has 3 heteroatoms. The number of allylic oxidation sites excluding steroid dienone is 2. The normalized spacial score (nSPS) is 16.3. The van der Waals surface area contributed by atoms with Crippen LogP contribution in [-0.4, -0.2) is 16.5 Å². The standard InChI is InChI=1S/C12H16N3/c1-13-6-4-11(5-7-13)8-12-9-14(2)10-15(12)3/h4-7,9-11H,1-3H3/q+1. The minimum absolute atomic E-state index is 0.273. The molecule has 3 nitrogen and oxygen atoms in total. The summed E-state index contributed by atoms with van der Waals surface area (Å²) in [5.41, 5.74) is 1.11. The second-order valence-corrected chi connectivity index (χ2v) is 3.92. The zero-order valence-electron chi connectivity index (χ0n) is 9.38. The van der Waals surface area contributed by atoms with E-state index in [2.05, 4.69) is 41.7 Å². The Morgan fingerprint density at radius 2 is 1.93 bits per heavy atom. The molecule has 0 aliphatic carbocycles. The fraction of sp³-hybridized carbons (Fsp3) is 0.333. The van der Waals surface area contributed by atoms with Crippen LogP contribution in [0.15, 0.2) is 37.1 Å². The lowest BCUT2D eigenvalue weighted by Crippen LogP contribution is -2.23. The van der Waals surface area contributed by atoms with Gasteiger partial charge in [0.25, 0.3) is 0 Å². The summed E-state index contributed by atoms with van der Waals surface area (Å²) < 4.78 is 4.10. The molecule has 0 fully saturated rings. The third-order valence-corrected chi connectivity index (χ3v) is 2.43. The molecule has 78 valence electrons. The van der Waals surface area contributed by atoms with Gasteiger partial charge in [-0.05, 0) is 12.4 Å². The number of hydrogen-bond acceptors (Lipinski definition) is 1. The lowest BCUT2D eigenvalue weighted by Gasteiger charge is -2.15. The molecule has 0 N–H and O–H groups in total. The second-order valence-electron chi connectivity index (χ2n) is 3.92. The van der Waals surface area contributed by atoms with E-state index in [9.17, 15) is 0 Å². The number of hydrogen-bond donors (Lipinski definition) is 0. The molecule has 0 saturated heterocycles. The lowest BCUT2D eigenvalue weighted by molar-refractivity contribution is -0.671. The number of nitrogens with zero attached hydrogens (tertiary/aromatic N) is 3. The summed E-state index contributed by atoms with van der Waals surface area (Å²) >= 11 is 0. The van der Waals surface area contributed by atoms with Gasteiger partial charge in [-0.1, -0.05) is 12.2 Å². The van der Waals surface area contributed by atoms with Crippen LogP contribution in [0.5, 0.6) is 0 Å². The molecule has 1 aliphatic heterocycles. The summed E-state index contributed by atoms with van der Waals surface area (Å²) in [6.07, 6.45) is 15.9. The van der Waals surface area contributed by atoms with Crippen LogP contribution in [-0.2, 0) is 14.1 Å². The molecule has 0 saturated carbocycles. The number of aromatic nitrogens is 2. The first-order valence-corrected chi connectivity index (χ1v) is 5.02. The molecule has 0 spiro atoms. The molecule has 15 heavy (non-hydrogen) atoms. The first-order chi connectivity index (χ1) is 7.15. The van der Waals surface area contributed by atoms with E-state index in [1.165, 1.54) is 0 Å². The summed E-state index contributed by atoms with van der Waals surface area (Å²) in [7, 11) is 6.07. The second kappa shape index (κ2) is 3.93. The number of aryl methyl sites for hydroxylation is 2. The van der Waals surface area contributed by atoms with E-state index >= 15 is 0 Å². The predicted molar refractivity (Wildman–Crippen MR) is 58.5 cm³/mol. The van der Waals surface area contributed by atoms with Gasteiger partial charge in [-0.2, -0.15) is 0 Å². The molecule has 2 heterocycles. The number of imidazole rings is 1. The molecule has 2 radical (unpaired) electrons. The fourth-order valence-corrected chi connectivity index (χ4v) is 1.63. The monoisotopic (exact) mass is 202 g/mol. The Labute approximate surface area is 90.9 Å². The van der Waals surface area contributed by atoms with Gasteiger partial charge in [-0.3, -0.25) is 0 Å². The maximum atomic E-state index is 3.43. The fourth-order valence-electron chi connectivity index (χ4n) is 1.63. The lowest BCUT2D eigenvalue weighted by atomic mass is 10.0. The van der Waals surface area contributed by atoms with Crippen LogP contribution < -0.4 is 4.57 Å². The van der Waals surface area contributed by atoms with Gasteiger partial charge in [0.15, 0.2) is 5.69 Å². The quantitative estimate of drug-likeness (QED) is 0.648. The minimum Gasteiger partial charge on any atom is -0.358 e. The molecule has 1 aliphatic rings. The maximum Gasteiger partial charge on any atom is 0.243 e. The molecule has 0 amide bonds. The Morgan fingerprint density at radius 1 is 1.27 bits per heavy atom. The van der Waals surface area contributed by atoms with Gasteiger partial charge in [0.2, 0.25) is 6.33 Å². The molecule has 0 bridgehead atoms. The first-order valence-electron chi connectivity index (χ1n) is 5.02. The van der Waals surface area contributed by atoms with E-state index in [1.54, 1.807) is 0 Å². The van der Waals surface area contributed by atoms with Crippen LogP contribution in [0.25, 0.3) is 0 Å². The van der Waals surface area contributed by atoms with Crippen LogP contribution >= 0.6 is 0 Å². The van der Waals surface area contributed by atoms with Crippen LogP contribution in [0.4, 0.5) is 0 Å². The van der Waals surface area contributed by atoms with E-state index in [1.807, 2.05) is 36.9 Å². The van der Waals surface area contributed by atoms with Gasteiger partial charge in [0.1, 0.15) is 6.20 Å². The zero-order chi connectivity index (χ0) is 10.8. The molecular weight excluding hydrogens is 186 g/mol. The number of rotatable bonds is 2. The minimum atomic E-state index is 0.273. The topological polar surface area (TPSA) is 12.1 Å². The smallest absolute Gasteiger partial charge is 0.243 e. The highest BCUT2D eigenvalue weighted by Crippen LogP contribution is 2.16. The summed E-state index contributed by atoms with van der Waals surface area (Å²) in [5, 5.41) is 0. The maximum absolute atomic E-state index is 3.43. The van der Waals surface area contributed by atoms with E-state index in [0.29, 0.717) is 0 Å². The van der Waals surface area contributed by atoms with Crippen molar-refractivity contribution in [3.05, 3.63) is 49.2 Å². The van der Waals surface area contributed by atoms with Crippen molar-refractivity contribution in [3.63, 3.8) is 0 Å². The predicted octanol–water partition coefficient (Wildman–Crippen LogP) is 0.868. The Morgan fingerprint density at radius 3 is 2.47 bits per heavy atom. The third-order valence-electron chi connectivity index (χ3n) is 2.43. The average Bonchev–Trinajstić information content (AvgIpc) is 2.49. The molecule has 0 atom stereocenters. The molecular formula is C12H16N3+. The van der Waals surface area contributed by atoms with Crippen molar-refractivity contribution in [1.29, 1.82) is 0 Å². The van der Waals surface area contributed by atoms with E-state index in [4.69, 9.17) is 0 Å². The van der Waals surface area contributed by atoms with E-state index in [0.717, 1.165) is 5.69 Å². The van der Waals surface area contributed by atoms with Crippen molar-refractivity contribution in [2.24, 2.45) is 20.0 Å². The van der Waals surface area contributed by atoms with Crippen LogP contribution in [0.2, 0.25) is 0 Å². The summed E-state index contributed by atoms with van der Waals surface area (Å²) in [5.74, 6) is 0.273. The van der Waals surface area contributed by atoms with Gasteiger partial charge in [-0.25, -0.2) is 9.13 Å². The highest BCUT2D eigenvalue weighted by molar-refractivity contribution is 5.20. The van der Waals surface area contributed by atoms with Crippen molar-refractivity contribution in [2.75, 3.05) is 7.05 Å². The molecule has 2 rings (SSSR count). The average molecular weight is 202 g/mol. The molecule has 1 aromatic heterocycles. The van der Waals surface area contributed by atoms with Gasteiger partial charge >= 0.3 is 0 Å². The molecule has 1 aromatic rings. The van der Waals surface area contributed by atoms with Crippen LogP contribution in [0, 0.1) is 12.3 Å². The third kappa shape index (κ3) is 2.29. The summed E-state index contributed by atoms with van der Waals surface area (Å²) in [6.45, 7) is 0. The van der Waals surface area contributed by atoms with Crippen molar-refractivity contribution in [3.8, 4) is 0 Å². The highest BCUT2D eigenvalue weighted by Gasteiger charge is 2.14. The molecule has 0 aromatic carbocycles. The largest absolute Gasteiger partial charge is 0.358 e. The first kappa shape index (κ1) is 10.0. The summed E-state index contributed by atoms with van der Waals surface area (Å²) in [4.78, 5) is 2.03. The highest BCUT2D eigenvalue weighted by atomic mass is 15.1. The van der Waals surface area contributed by atoms with Gasteiger partial charge < -0.3 is 4.90 Å². The Balaban J connectivity index is 2.07. The van der Waals surface area contributed by atoms with Crippen molar-refractivity contribution >= 4 is 0 Å². The Hall–Kier alpha value is -1.51. The van der Waals surface area contributed by atoms with Gasteiger partial charge in [-0.15, -0.1) is 0 Å². The van der Waals surface area contributed by atoms with Gasteiger partial charge in [0, 0.05) is 13.0 Å². The van der Waals surface area contributed by atoms with Crippen molar-refractivity contribution < 1.29 is 4.57 Å². The summed E-state index contributed by atoms with van der Waals surface area (Å²) in [6, 6.07) is 0. The van der Waals surface area contributed by atoms with Crippen molar-refractivity contribution in [1.82, 2.24) is 9.47 Å². The van der Waals surface area contributed by atoms with E-state index < -0.39 is 0 Å². The van der Waals surface area contributed by atoms with E-state index in [-0.39, 0.29) is 5.92 Å². The van der Waals surface area contributed by atoms with Crippen molar-refractivity contribution in [2.45, 2.75) is 0 Å².